The Hall–Kier alpha value is -2.33. The number of hydrogen-bond acceptors (Lipinski definition) is 3. The quantitative estimate of drug-likeness (QED) is 0.614. The summed E-state index contributed by atoms with van der Waals surface area (Å²) in [5.41, 5.74) is 4.84. The second-order valence-electron chi connectivity index (χ2n) is 6.75. The maximum Gasteiger partial charge on any atom is 0.169 e. The van der Waals surface area contributed by atoms with Gasteiger partial charge >= 0.3 is 0 Å². The minimum absolute atomic E-state index is 0.560. The van der Waals surface area contributed by atoms with E-state index in [0.29, 0.717) is 6.04 Å². The third-order valence-corrected chi connectivity index (χ3v) is 6.01. The van der Waals surface area contributed by atoms with E-state index in [9.17, 15) is 0 Å². The fraction of sp³-hybridized carbons (Fsp3) is 0.238. The van der Waals surface area contributed by atoms with Gasteiger partial charge in [-0.3, -0.25) is 4.98 Å². The van der Waals surface area contributed by atoms with E-state index in [2.05, 4.69) is 58.4 Å². The van der Waals surface area contributed by atoms with Crippen molar-refractivity contribution in [3.8, 4) is 0 Å². The van der Waals surface area contributed by atoms with Crippen molar-refractivity contribution in [2.75, 3.05) is 10.7 Å². The van der Waals surface area contributed by atoms with Gasteiger partial charge in [-0.1, -0.05) is 36.0 Å². The van der Waals surface area contributed by atoms with Crippen LogP contribution < -0.4 is 4.90 Å². The molecule has 5 rings (SSSR count). The number of nitrogens with zero attached hydrogens (tertiary/aromatic N) is 3. The first kappa shape index (κ1) is 15.0. The van der Waals surface area contributed by atoms with Crippen molar-refractivity contribution in [2.24, 2.45) is 4.99 Å². The Balaban J connectivity index is 1.57. The second-order valence-corrected chi connectivity index (χ2v) is 7.81. The molecule has 0 spiro atoms. The van der Waals surface area contributed by atoms with E-state index in [4.69, 9.17) is 4.99 Å². The molecule has 0 saturated carbocycles. The average molecular weight is 345 g/mol. The smallest absolute Gasteiger partial charge is 0.169 e. The van der Waals surface area contributed by atoms with Crippen molar-refractivity contribution in [3.05, 3.63) is 66.0 Å². The first-order chi connectivity index (χ1) is 12.3. The van der Waals surface area contributed by atoms with Crippen LogP contribution in [0.4, 0.5) is 11.4 Å². The molecule has 2 aliphatic heterocycles. The van der Waals surface area contributed by atoms with Gasteiger partial charge in [0, 0.05) is 34.8 Å². The fourth-order valence-corrected chi connectivity index (χ4v) is 4.94. The lowest BCUT2D eigenvalue weighted by atomic mass is 10.1. The van der Waals surface area contributed by atoms with Crippen LogP contribution in [0.2, 0.25) is 0 Å². The number of amidine groups is 1. The maximum absolute atomic E-state index is 5.02. The van der Waals surface area contributed by atoms with Gasteiger partial charge in [0.15, 0.2) is 5.17 Å². The highest BCUT2D eigenvalue weighted by Gasteiger charge is 2.35. The summed E-state index contributed by atoms with van der Waals surface area (Å²) in [6.45, 7) is 2.03. The average Bonchev–Trinajstić information content (AvgIpc) is 3.01. The SMILES string of the molecule is Cc1cc2cc(N=C3SCCC4Cc5ccccc5N34)ccc2cn1. The second kappa shape index (κ2) is 5.88. The molecule has 1 unspecified atom stereocenters. The summed E-state index contributed by atoms with van der Waals surface area (Å²) in [4.78, 5) is 11.8. The van der Waals surface area contributed by atoms with E-state index < -0.39 is 0 Å². The van der Waals surface area contributed by atoms with Crippen molar-refractivity contribution >= 4 is 39.1 Å². The number of thioether (sulfide) groups is 1. The van der Waals surface area contributed by atoms with Crippen molar-refractivity contribution in [1.82, 2.24) is 4.98 Å². The molecule has 0 amide bonds. The summed E-state index contributed by atoms with van der Waals surface area (Å²) >= 11 is 1.87. The van der Waals surface area contributed by atoms with Crippen molar-refractivity contribution < 1.29 is 0 Å². The number of fused-ring (bicyclic) bond motifs is 4. The van der Waals surface area contributed by atoms with Gasteiger partial charge in [0.2, 0.25) is 0 Å². The summed E-state index contributed by atoms with van der Waals surface area (Å²) in [7, 11) is 0. The molecule has 2 aliphatic rings. The molecule has 124 valence electrons. The van der Waals surface area contributed by atoms with E-state index in [0.717, 1.165) is 34.1 Å². The maximum atomic E-state index is 5.02. The lowest BCUT2D eigenvalue weighted by Gasteiger charge is -2.32. The number of aliphatic imine (C=N–C) groups is 1. The van der Waals surface area contributed by atoms with Crippen LogP contribution >= 0.6 is 11.8 Å². The zero-order valence-electron chi connectivity index (χ0n) is 14.1. The minimum atomic E-state index is 0.560. The number of para-hydroxylation sites is 1. The molecule has 1 saturated heterocycles. The molecule has 0 bridgehead atoms. The van der Waals surface area contributed by atoms with Crippen LogP contribution in [0.5, 0.6) is 0 Å². The third kappa shape index (κ3) is 2.61. The van der Waals surface area contributed by atoms with Crippen molar-refractivity contribution in [1.29, 1.82) is 0 Å². The molecule has 3 nitrogen and oxygen atoms in total. The third-order valence-electron chi connectivity index (χ3n) is 5.03. The number of aryl methyl sites for hydroxylation is 1. The Morgan fingerprint density at radius 2 is 2.04 bits per heavy atom. The zero-order chi connectivity index (χ0) is 16.8. The van der Waals surface area contributed by atoms with Crippen molar-refractivity contribution in [3.63, 3.8) is 0 Å². The topological polar surface area (TPSA) is 28.5 Å². The molecule has 0 aliphatic carbocycles. The highest BCUT2D eigenvalue weighted by Crippen LogP contribution is 2.40. The number of anilines is 1. The molecule has 0 radical (unpaired) electrons. The van der Waals surface area contributed by atoms with Crippen LogP contribution in [0.1, 0.15) is 17.7 Å². The molecule has 4 heteroatoms. The summed E-state index contributed by atoms with van der Waals surface area (Å²) < 4.78 is 0. The first-order valence-corrected chi connectivity index (χ1v) is 9.71. The minimum Gasteiger partial charge on any atom is -0.317 e. The Labute approximate surface area is 151 Å². The van der Waals surface area contributed by atoms with Gasteiger partial charge in [-0.25, -0.2) is 4.99 Å². The number of pyridine rings is 1. The molecule has 3 heterocycles. The van der Waals surface area contributed by atoms with Crippen LogP contribution in [0.15, 0.2) is 59.7 Å². The van der Waals surface area contributed by atoms with Gasteiger partial charge < -0.3 is 4.90 Å². The van der Waals surface area contributed by atoms with Crippen LogP contribution in [0.25, 0.3) is 10.8 Å². The summed E-state index contributed by atoms with van der Waals surface area (Å²) in [5.74, 6) is 1.14. The summed E-state index contributed by atoms with van der Waals surface area (Å²) in [5, 5.41) is 3.50. The number of aromatic nitrogens is 1. The Bertz CT molecular complexity index is 995. The van der Waals surface area contributed by atoms with Crippen LogP contribution in [0.3, 0.4) is 0 Å². The summed E-state index contributed by atoms with van der Waals surface area (Å²) in [6, 6.07) is 17.8. The highest BCUT2D eigenvalue weighted by molar-refractivity contribution is 8.14. The Morgan fingerprint density at radius 3 is 3.00 bits per heavy atom. The number of benzene rings is 2. The Kier molecular flexibility index (Phi) is 3.52. The van der Waals surface area contributed by atoms with E-state index in [1.807, 2.05) is 24.9 Å². The van der Waals surface area contributed by atoms with E-state index >= 15 is 0 Å². The standard InChI is InChI=1S/C21H19N3S/c1-14-10-17-11-18(7-6-16(17)13-22-14)23-21-24-19(8-9-25-21)12-15-4-2-3-5-20(15)24/h2-7,10-11,13,19H,8-9,12H2,1H3. The molecule has 0 N–H and O–H groups in total. The van der Waals surface area contributed by atoms with Crippen LogP contribution in [-0.4, -0.2) is 21.9 Å². The van der Waals surface area contributed by atoms with E-state index in [1.165, 1.54) is 23.1 Å². The van der Waals surface area contributed by atoms with Gasteiger partial charge in [-0.15, -0.1) is 0 Å². The van der Waals surface area contributed by atoms with Gasteiger partial charge in [-0.2, -0.15) is 0 Å². The molecule has 25 heavy (non-hydrogen) atoms. The molecular formula is C21H19N3S. The first-order valence-electron chi connectivity index (χ1n) is 8.73. The monoisotopic (exact) mass is 345 g/mol. The molecular weight excluding hydrogens is 326 g/mol. The molecule has 1 atom stereocenters. The summed E-state index contributed by atoms with van der Waals surface area (Å²) in [6.07, 6.45) is 4.29. The number of hydrogen-bond donors (Lipinski definition) is 0. The molecule has 3 aromatic rings. The molecule has 2 aromatic carbocycles. The van der Waals surface area contributed by atoms with E-state index in [-0.39, 0.29) is 0 Å². The largest absolute Gasteiger partial charge is 0.317 e. The molecule has 1 fully saturated rings. The lowest BCUT2D eigenvalue weighted by molar-refractivity contribution is 0.675. The number of rotatable bonds is 1. The van der Waals surface area contributed by atoms with Crippen LogP contribution in [0, 0.1) is 6.92 Å². The van der Waals surface area contributed by atoms with Gasteiger partial charge in [-0.05, 0) is 55.0 Å². The fourth-order valence-electron chi connectivity index (χ4n) is 3.81. The van der Waals surface area contributed by atoms with Gasteiger partial charge in [0.1, 0.15) is 0 Å². The lowest BCUT2D eigenvalue weighted by Crippen LogP contribution is -2.40. The van der Waals surface area contributed by atoms with Gasteiger partial charge in [0.25, 0.3) is 0 Å². The van der Waals surface area contributed by atoms with Crippen LogP contribution in [-0.2, 0) is 6.42 Å². The Morgan fingerprint density at radius 1 is 1.12 bits per heavy atom. The predicted molar refractivity (Wildman–Crippen MR) is 107 cm³/mol. The van der Waals surface area contributed by atoms with Gasteiger partial charge in [0.05, 0.1) is 5.69 Å². The normalized spacial score (nSPS) is 20.8. The highest BCUT2D eigenvalue weighted by atomic mass is 32.2. The predicted octanol–water partition coefficient (Wildman–Crippen LogP) is 5.10. The zero-order valence-corrected chi connectivity index (χ0v) is 15.0. The van der Waals surface area contributed by atoms with Crippen molar-refractivity contribution in [2.45, 2.75) is 25.8 Å². The van der Waals surface area contributed by atoms with E-state index in [1.54, 1.807) is 0 Å². The molecule has 1 aromatic heterocycles.